The number of carbonyl (C=O) groups excluding carboxylic acids is 2. The van der Waals surface area contributed by atoms with E-state index in [0.717, 1.165) is 0 Å². The van der Waals surface area contributed by atoms with Gasteiger partial charge in [0.05, 0.1) is 19.6 Å². The van der Waals surface area contributed by atoms with E-state index < -0.39 is 24.1 Å². The number of methoxy groups -OCH3 is 1. The first-order valence-electron chi connectivity index (χ1n) is 5.99. The number of esters is 1. The molecule has 0 aliphatic carbocycles. The van der Waals surface area contributed by atoms with Crippen molar-refractivity contribution in [3.63, 3.8) is 0 Å². The number of amides is 2. The molecule has 0 aromatic heterocycles. The van der Waals surface area contributed by atoms with Crippen molar-refractivity contribution in [3.8, 4) is 0 Å². The Kier molecular flexibility index (Phi) is 6.07. The molecule has 19 heavy (non-hydrogen) atoms. The maximum absolute atomic E-state index is 11.3. The van der Waals surface area contributed by atoms with E-state index in [9.17, 15) is 14.4 Å². The number of ether oxygens (including phenoxy) is 2. The average Bonchev–Trinajstić information content (AvgIpc) is 2.85. The van der Waals surface area contributed by atoms with E-state index in [1.165, 1.54) is 7.11 Å². The third-order valence-electron chi connectivity index (χ3n) is 2.72. The summed E-state index contributed by atoms with van der Waals surface area (Å²) in [6, 6.07) is -0.425. The van der Waals surface area contributed by atoms with Crippen molar-refractivity contribution in [1.29, 1.82) is 0 Å². The largest absolute Gasteiger partial charge is 0.479 e. The second kappa shape index (κ2) is 7.57. The van der Waals surface area contributed by atoms with Gasteiger partial charge in [0.2, 0.25) is 0 Å². The van der Waals surface area contributed by atoms with Gasteiger partial charge in [0.1, 0.15) is 0 Å². The summed E-state index contributed by atoms with van der Waals surface area (Å²) in [6.07, 6.45) is 0.0809. The van der Waals surface area contributed by atoms with Gasteiger partial charge < -0.3 is 25.2 Å². The molecule has 0 aromatic carbocycles. The first-order valence-corrected chi connectivity index (χ1v) is 5.99. The number of hydrogen-bond donors (Lipinski definition) is 3. The topological polar surface area (TPSA) is 114 Å². The van der Waals surface area contributed by atoms with Gasteiger partial charge >= 0.3 is 18.0 Å². The highest BCUT2D eigenvalue weighted by Gasteiger charge is 2.30. The van der Waals surface area contributed by atoms with E-state index in [4.69, 9.17) is 9.84 Å². The molecule has 1 saturated heterocycles. The quantitative estimate of drug-likeness (QED) is 0.562. The van der Waals surface area contributed by atoms with E-state index in [1.807, 2.05) is 0 Å². The smallest absolute Gasteiger partial charge is 0.332 e. The predicted molar refractivity (Wildman–Crippen MR) is 63.6 cm³/mol. The minimum atomic E-state index is -0.981. The Morgan fingerprint density at radius 2 is 2.05 bits per heavy atom. The van der Waals surface area contributed by atoms with Crippen molar-refractivity contribution in [2.45, 2.75) is 31.5 Å². The fourth-order valence-electron chi connectivity index (χ4n) is 1.69. The maximum Gasteiger partial charge on any atom is 0.332 e. The van der Waals surface area contributed by atoms with Gasteiger partial charge in [-0.25, -0.2) is 9.59 Å². The second-order valence-corrected chi connectivity index (χ2v) is 4.13. The summed E-state index contributed by atoms with van der Waals surface area (Å²) in [6.45, 7) is 0.426. The van der Waals surface area contributed by atoms with Gasteiger partial charge in [-0.3, -0.25) is 4.79 Å². The minimum Gasteiger partial charge on any atom is -0.479 e. The highest BCUT2D eigenvalue weighted by molar-refractivity contribution is 5.75. The van der Waals surface area contributed by atoms with Gasteiger partial charge in [0.15, 0.2) is 6.10 Å². The number of hydrogen-bond acceptors (Lipinski definition) is 5. The Labute approximate surface area is 110 Å². The van der Waals surface area contributed by atoms with Crippen molar-refractivity contribution < 1.29 is 29.0 Å². The van der Waals surface area contributed by atoms with E-state index >= 15 is 0 Å². The third-order valence-corrected chi connectivity index (χ3v) is 2.72. The molecule has 1 fully saturated rings. The fraction of sp³-hybridized carbons (Fsp3) is 0.727. The zero-order chi connectivity index (χ0) is 14.3. The van der Waals surface area contributed by atoms with Gasteiger partial charge in [-0.15, -0.1) is 0 Å². The minimum absolute atomic E-state index is 0.102. The molecule has 1 aliphatic rings. The van der Waals surface area contributed by atoms with Crippen LogP contribution in [-0.2, 0) is 19.1 Å². The Morgan fingerprint density at radius 3 is 2.63 bits per heavy atom. The van der Waals surface area contributed by atoms with Crippen LogP contribution in [0.2, 0.25) is 0 Å². The lowest BCUT2D eigenvalue weighted by Crippen LogP contribution is -2.40. The lowest BCUT2D eigenvalue weighted by molar-refractivity contribution is -0.149. The SMILES string of the molecule is COC(=O)CCNC(=O)NCC1CCC(C(=O)O)O1. The van der Waals surface area contributed by atoms with Gasteiger partial charge in [0.25, 0.3) is 0 Å². The van der Waals surface area contributed by atoms with Crippen LogP contribution >= 0.6 is 0 Å². The lowest BCUT2D eigenvalue weighted by Gasteiger charge is -2.12. The molecule has 0 aromatic rings. The standard InChI is InChI=1S/C11H18N2O6/c1-18-9(14)4-5-12-11(17)13-6-7-2-3-8(19-7)10(15)16/h7-8H,2-6H2,1H3,(H,15,16)(H2,12,13,17). The molecule has 0 radical (unpaired) electrons. The predicted octanol–water partition coefficient (Wildman–Crippen LogP) is -0.519. The lowest BCUT2D eigenvalue weighted by atomic mass is 10.2. The molecular formula is C11H18N2O6. The molecule has 0 spiro atoms. The number of carbonyl (C=O) groups is 3. The first kappa shape index (κ1) is 15.2. The van der Waals surface area contributed by atoms with Gasteiger partial charge in [0, 0.05) is 13.1 Å². The summed E-state index contributed by atoms with van der Waals surface area (Å²) in [5.41, 5.74) is 0. The normalized spacial score (nSPS) is 21.7. The van der Waals surface area contributed by atoms with Crippen LogP contribution in [0.3, 0.4) is 0 Å². The molecule has 1 heterocycles. The van der Waals surface area contributed by atoms with Crippen LogP contribution in [0.4, 0.5) is 4.79 Å². The molecular weight excluding hydrogens is 256 g/mol. The molecule has 2 amide bonds. The van der Waals surface area contributed by atoms with Crippen molar-refractivity contribution in [1.82, 2.24) is 10.6 Å². The Hall–Kier alpha value is -1.83. The van der Waals surface area contributed by atoms with Gasteiger partial charge in [-0.05, 0) is 12.8 Å². The van der Waals surface area contributed by atoms with E-state index in [0.29, 0.717) is 12.8 Å². The van der Waals surface area contributed by atoms with Crippen molar-refractivity contribution in [2.24, 2.45) is 0 Å². The monoisotopic (exact) mass is 274 g/mol. The maximum atomic E-state index is 11.3. The summed E-state index contributed by atoms with van der Waals surface area (Å²) < 4.78 is 9.64. The molecule has 2 atom stereocenters. The molecule has 1 aliphatic heterocycles. The summed E-state index contributed by atoms with van der Waals surface area (Å²) in [5, 5.41) is 13.8. The molecule has 2 unspecified atom stereocenters. The van der Waals surface area contributed by atoms with Crippen LogP contribution in [0.1, 0.15) is 19.3 Å². The Bertz CT molecular complexity index is 346. The molecule has 8 nitrogen and oxygen atoms in total. The van der Waals surface area contributed by atoms with Crippen molar-refractivity contribution in [3.05, 3.63) is 0 Å². The zero-order valence-corrected chi connectivity index (χ0v) is 10.7. The van der Waals surface area contributed by atoms with Crippen molar-refractivity contribution in [2.75, 3.05) is 20.2 Å². The molecule has 0 saturated carbocycles. The van der Waals surface area contributed by atoms with Gasteiger partial charge in [-0.1, -0.05) is 0 Å². The van der Waals surface area contributed by atoms with E-state index in [2.05, 4.69) is 15.4 Å². The van der Waals surface area contributed by atoms with Crippen LogP contribution in [0, 0.1) is 0 Å². The molecule has 1 rings (SSSR count). The van der Waals surface area contributed by atoms with E-state index in [-0.39, 0.29) is 25.6 Å². The van der Waals surface area contributed by atoms with Crippen LogP contribution in [0.5, 0.6) is 0 Å². The number of carboxylic acid groups (broad SMARTS) is 1. The number of urea groups is 1. The summed E-state index contributed by atoms with van der Waals surface area (Å²) in [7, 11) is 1.28. The summed E-state index contributed by atoms with van der Waals surface area (Å²) >= 11 is 0. The van der Waals surface area contributed by atoms with Crippen molar-refractivity contribution >= 4 is 18.0 Å². The van der Waals surface area contributed by atoms with Crippen LogP contribution in [0.15, 0.2) is 0 Å². The average molecular weight is 274 g/mol. The molecule has 0 bridgehead atoms. The molecule has 8 heteroatoms. The second-order valence-electron chi connectivity index (χ2n) is 4.13. The highest BCUT2D eigenvalue weighted by atomic mass is 16.5. The molecule has 108 valence electrons. The Balaban J connectivity index is 2.11. The summed E-state index contributed by atoms with van der Waals surface area (Å²) in [4.78, 5) is 32.8. The van der Waals surface area contributed by atoms with Crippen LogP contribution in [-0.4, -0.2) is 55.5 Å². The first-order chi connectivity index (χ1) is 9.02. The number of nitrogens with one attached hydrogen (secondary N) is 2. The number of aliphatic carboxylic acids is 1. The number of carboxylic acids is 1. The van der Waals surface area contributed by atoms with Gasteiger partial charge in [-0.2, -0.15) is 0 Å². The Morgan fingerprint density at radius 1 is 1.32 bits per heavy atom. The molecule has 3 N–H and O–H groups in total. The number of rotatable bonds is 6. The van der Waals surface area contributed by atoms with Crippen LogP contribution < -0.4 is 10.6 Å². The highest BCUT2D eigenvalue weighted by Crippen LogP contribution is 2.18. The fourth-order valence-corrected chi connectivity index (χ4v) is 1.69. The van der Waals surface area contributed by atoms with E-state index in [1.54, 1.807) is 0 Å². The zero-order valence-electron chi connectivity index (χ0n) is 10.7. The van der Waals surface area contributed by atoms with Crippen LogP contribution in [0.25, 0.3) is 0 Å². The summed E-state index contributed by atoms with van der Waals surface area (Å²) in [5.74, 6) is -1.38. The third kappa shape index (κ3) is 5.56.